The van der Waals surface area contributed by atoms with Crippen LogP contribution in [0.2, 0.25) is 0 Å². The Kier molecular flexibility index (Phi) is 3.32. The van der Waals surface area contributed by atoms with Gasteiger partial charge >= 0.3 is 0 Å². The fourth-order valence-electron chi connectivity index (χ4n) is 6.00. The van der Waals surface area contributed by atoms with Crippen molar-refractivity contribution in [2.45, 2.75) is 61.3 Å². The first-order chi connectivity index (χ1) is 12.0. The van der Waals surface area contributed by atoms with E-state index >= 15 is 0 Å². The SMILES string of the molecule is COc1ccc2c(c1)C13CCN(C)[C@H](C2)[C@]1(O)C[C@@H]1NC(O)O[C@@H]1C3. The second kappa shape index (κ2) is 5.18. The highest BCUT2D eigenvalue weighted by atomic mass is 16.6. The zero-order valence-corrected chi connectivity index (χ0v) is 14.7. The molecule has 1 saturated carbocycles. The van der Waals surface area contributed by atoms with E-state index in [1.165, 1.54) is 11.1 Å². The number of aliphatic hydroxyl groups is 2. The predicted molar refractivity (Wildman–Crippen MR) is 91.4 cm³/mol. The molecule has 0 spiro atoms. The largest absolute Gasteiger partial charge is 0.497 e. The average molecular weight is 346 g/mol. The molecule has 25 heavy (non-hydrogen) atoms. The summed E-state index contributed by atoms with van der Waals surface area (Å²) in [6, 6.07) is 6.35. The Hall–Kier alpha value is -1.18. The summed E-state index contributed by atoms with van der Waals surface area (Å²) in [6.07, 6.45) is 2.05. The topological polar surface area (TPSA) is 74.2 Å². The van der Waals surface area contributed by atoms with E-state index in [1.807, 2.05) is 6.07 Å². The normalized spacial score (nSPS) is 45.4. The summed E-state index contributed by atoms with van der Waals surface area (Å²) in [6.45, 7) is 0.955. The third kappa shape index (κ3) is 1.97. The molecule has 2 saturated heterocycles. The second-order valence-electron chi connectivity index (χ2n) is 8.19. The van der Waals surface area contributed by atoms with Crippen molar-refractivity contribution in [2.75, 3.05) is 20.7 Å². The average Bonchev–Trinajstić information content (AvgIpc) is 2.93. The molecule has 0 amide bonds. The van der Waals surface area contributed by atoms with Crippen LogP contribution in [0.25, 0.3) is 0 Å². The van der Waals surface area contributed by atoms with Crippen LogP contribution in [-0.2, 0) is 16.6 Å². The minimum atomic E-state index is -0.933. The Morgan fingerprint density at radius 3 is 3.00 bits per heavy atom. The van der Waals surface area contributed by atoms with Gasteiger partial charge in [-0.25, -0.2) is 0 Å². The van der Waals surface area contributed by atoms with Crippen molar-refractivity contribution in [3.05, 3.63) is 29.3 Å². The highest BCUT2D eigenvalue weighted by Gasteiger charge is 2.67. The standard InChI is InChI=1S/C19H26N2O4/c1-21-6-5-18-10-15-14(20-17(22)25-15)9-19(18,23)16(21)7-11-3-4-12(24-2)8-13(11)18/h3-4,8,14-17,20,22-23H,5-7,9-10H2,1-2H3/t14-,15+,16+,17?,18?,19+/m0/s1. The number of benzene rings is 1. The van der Waals surface area contributed by atoms with E-state index in [1.54, 1.807) is 7.11 Å². The molecule has 0 aromatic heterocycles. The van der Waals surface area contributed by atoms with Gasteiger partial charge in [-0.2, -0.15) is 0 Å². The third-order valence-corrected chi connectivity index (χ3v) is 7.24. The van der Waals surface area contributed by atoms with Gasteiger partial charge in [0.15, 0.2) is 0 Å². The summed E-state index contributed by atoms with van der Waals surface area (Å²) in [5.74, 6) is 0.834. The van der Waals surface area contributed by atoms with E-state index in [0.717, 1.165) is 31.6 Å². The number of nitrogens with zero attached hydrogens (tertiary/aromatic N) is 1. The van der Waals surface area contributed by atoms with Crippen LogP contribution in [0.1, 0.15) is 30.4 Å². The Bertz CT molecular complexity index is 713. The lowest BCUT2D eigenvalue weighted by Gasteiger charge is -2.64. The summed E-state index contributed by atoms with van der Waals surface area (Å²) in [5.41, 5.74) is 1.33. The maximum atomic E-state index is 12.0. The monoisotopic (exact) mass is 346 g/mol. The van der Waals surface area contributed by atoms with Crippen molar-refractivity contribution < 1.29 is 19.7 Å². The zero-order valence-electron chi connectivity index (χ0n) is 14.7. The molecular formula is C19H26N2O4. The van der Waals surface area contributed by atoms with E-state index in [9.17, 15) is 10.2 Å². The molecule has 6 atom stereocenters. The van der Waals surface area contributed by atoms with Gasteiger partial charge < -0.3 is 24.6 Å². The summed E-state index contributed by atoms with van der Waals surface area (Å²) >= 11 is 0. The predicted octanol–water partition coefficient (Wildman–Crippen LogP) is 0.351. The molecule has 6 nitrogen and oxygen atoms in total. The van der Waals surface area contributed by atoms with E-state index < -0.39 is 12.0 Å². The number of nitrogens with one attached hydrogen (secondary N) is 1. The van der Waals surface area contributed by atoms with Gasteiger partial charge in [0, 0.05) is 17.5 Å². The molecule has 1 aromatic carbocycles. The number of fused-ring (bicyclic) bond motifs is 2. The fourth-order valence-corrected chi connectivity index (χ4v) is 6.00. The number of methoxy groups -OCH3 is 1. The minimum Gasteiger partial charge on any atom is -0.497 e. The molecule has 2 aliphatic carbocycles. The van der Waals surface area contributed by atoms with Gasteiger partial charge in [0.05, 0.1) is 18.8 Å². The molecule has 4 aliphatic rings. The van der Waals surface area contributed by atoms with Gasteiger partial charge in [-0.3, -0.25) is 5.32 Å². The third-order valence-electron chi connectivity index (χ3n) is 7.24. The quantitative estimate of drug-likeness (QED) is 0.682. The van der Waals surface area contributed by atoms with Gasteiger partial charge in [0.25, 0.3) is 0 Å². The molecule has 3 N–H and O–H groups in total. The van der Waals surface area contributed by atoms with Crippen molar-refractivity contribution >= 4 is 0 Å². The van der Waals surface area contributed by atoms with Crippen LogP contribution in [0.4, 0.5) is 0 Å². The molecule has 2 unspecified atom stereocenters. The lowest BCUT2D eigenvalue weighted by atomic mass is 9.48. The second-order valence-corrected chi connectivity index (χ2v) is 8.19. The van der Waals surface area contributed by atoms with Gasteiger partial charge in [0.1, 0.15) is 5.75 Å². The van der Waals surface area contributed by atoms with Gasteiger partial charge in [-0.05, 0) is 62.5 Å². The number of hydrogen-bond acceptors (Lipinski definition) is 6. The van der Waals surface area contributed by atoms with Crippen LogP contribution in [0.5, 0.6) is 5.75 Å². The number of likely N-dealkylation sites (tertiary alicyclic amines) is 1. The molecule has 1 aromatic rings. The zero-order chi connectivity index (χ0) is 17.4. The summed E-state index contributed by atoms with van der Waals surface area (Å²) in [5, 5.41) is 25.0. The number of piperidine rings is 1. The van der Waals surface area contributed by atoms with E-state index in [0.29, 0.717) is 6.42 Å². The molecule has 6 heteroatoms. The lowest BCUT2D eigenvalue weighted by Crippen LogP contribution is -2.75. The van der Waals surface area contributed by atoms with Crippen molar-refractivity contribution in [1.29, 1.82) is 0 Å². The number of hydrogen-bond donors (Lipinski definition) is 3. The smallest absolute Gasteiger partial charge is 0.214 e. The first-order valence-electron chi connectivity index (χ1n) is 9.16. The number of ether oxygens (including phenoxy) is 2. The first kappa shape index (κ1) is 16.0. The Morgan fingerprint density at radius 1 is 1.36 bits per heavy atom. The fraction of sp³-hybridized carbons (Fsp3) is 0.684. The summed E-state index contributed by atoms with van der Waals surface area (Å²) < 4.78 is 11.2. The molecule has 3 fully saturated rings. The Balaban J connectivity index is 1.69. The molecular weight excluding hydrogens is 320 g/mol. The Labute approximate surface area is 147 Å². The molecule has 5 rings (SSSR count). The van der Waals surface area contributed by atoms with Gasteiger partial charge in [-0.1, -0.05) is 6.07 Å². The summed E-state index contributed by atoms with van der Waals surface area (Å²) in [7, 11) is 3.80. The maximum Gasteiger partial charge on any atom is 0.214 e. The van der Waals surface area contributed by atoms with Crippen molar-refractivity contribution in [3.63, 3.8) is 0 Å². The number of aliphatic hydroxyl groups excluding tert-OH is 1. The van der Waals surface area contributed by atoms with Crippen LogP contribution in [0.3, 0.4) is 0 Å². The van der Waals surface area contributed by atoms with E-state index in [4.69, 9.17) is 9.47 Å². The van der Waals surface area contributed by atoms with E-state index in [2.05, 4.69) is 29.4 Å². The van der Waals surface area contributed by atoms with Crippen molar-refractivity contribution in [1.82, 2.24) is 10.2 Å². The van der Waals surface area contributed by atoms with Gasteiger partial charge in [-0.15, -0.1) is 0 Å². The van der Waals surface area contributed by atoms with Crippen LogP contribution in [-0.4, -0.2) is 66.0 Å². The van der Waals surface area contributed by atoms with Crippen LogP contribution < -0.4 is 10.1 Å². The van der Waals surface area contributed by atoms with Crippen molar-refractivity contribution in [3.8, 4) is 5.75 Å². The molecule has 2 heterocycles. The maximum absolute atomic E-state index is 12.0. The molecule has 0 radical (unpaired) electrons. The number of likely N-dealkylation sites (N-methyl/N-ethyl adjacent to an activating group) is 1. The highest BCUT2D eigenvalue weighted by Crippen LogP contribution is 2.59. The molecule has 2 aliphatic heterocycles. The summed E-state index contributed by atoms with van der Waals surface area (Å²) in [4.78, 5) is 2.30. The highest BCUT2D eigenvalue weighted by molar-refractivity contribution is 5.49. The van der Waals surface area contributed by atoms with Crippen molar-refractivity contribution in [2.24, 2.45) is 0 Å². The van der Waals surface area contributed by atoms with E-state index in [-0.39, 0.29) is 23.6 Å². The first-order valence-corrected chi connectivity index (χ1v) is 9.16. The minimum absolute atomic E-state index is 0.00529. The van der Waals surface area contributed by atoms with Crippen LogP contribution in [0.15, 0.2) is 18.2 Å². The Morgan fingerprint density at radius 2 is 2.20 bits per heavy atom. The van der Waals surface area contributed by atoms with Gasteiger partial charge in [0.2, 0.25) is 6.41 Å². The van der Waals surface area contributed by atoms with Crippen LogP contribution in [0, 0.1) is 0 Å². The van der Waals surface area contributed by atoms with Crippen LogP contribution >= 0.6 is 0 Å². The number of rotatable bonds is 1. The lowest BCUT2D eigenvalue weighted by molar-refractivity contribution is -0.186. The molecule has 2 bridgehead atoms. The molecule has 136 valence electrons.